The van der Waals surface area contributed by atoms with Gasteiger partial charge in [0.25, 0.3) is 0 Å². The first-order chi connectivity index (χ1) is 13.1. The van der Waals surface area contributed by atoms with E-state index in [1.807, 2.05) is 43.3 Å². The summed E-state index contributed by atoms with van der Waals surface area (Å²) in [6.07, 6.45) is 2.24. The maximum Gasteiger partial charge on any atom is 0.245 e. The van der Waals surface area contributed by atoms with Crippen molar-refractivity contribution in [3.63, 3.8) is 0 Å². The zero-order valence-electron chi connectivity index (χ0n) is 15.5. The number of amides is 1. The topological polar surface area (TPSA) is 51.9 Å². The summed E-state index contributed by atoms with van der Waals surface area (Å²) in [4.78, 5) is 13.4. The number of benzene rings is 2. The molecule has 1 aliphatic rings. The van der Waals surface area contributed by atoms with E-state index in [9.17, 15) is 4.79 Å². The van der Waals surface area contributed by atoms with Gasteiger partial charge >= 0.3 is 0 Å². The third kappa shape index (κ3) is 3.16. The van der Waals surface area contributed by atoms with Crippen molar-refractivity contribution in [1.82, 2.24) is 4.90 Å². The average molecular weight is 363 g/mol. The standard InChI is InChI=1S/C22H21NO4/c1-4-21(24)23(3)13-18-14(2)26-22-17(18)6-5-7-19(22)27-16-9-8-15-10-11-25-20(15)12-16/h4-9,12H,1,10-11,13H2,2-3H3. The van der Waals surface area contributed by atoms with Crippen LogP contribution in [0.4, 0.5) is 0 Å². The fourth-order valence-electron chi connectivity index (χ4n) is 3.35. The molecule has 4 rings (SSSR count). The number of likely N-dealkylation sites (N-methyl/N-ethyl adjacent to an activating group) is 1. The van der Waals surface area contributed by atoms with E-state index in [2.05, 4.69) is 6.58 Å². The molecule has 1 aromatic heterocycles. The average Bonchev–Trinajstić information content (AvgIpc) is 3.26. The summed E-state index contributed by atoms with van der Waals surface area (Å²) in [5.74, 6) is 2.85. The van der Waals surface area contributed by atoms with Gasteiger partial charge in [0.1, 0.15) is 17.3 Å². The summed E-state index contributed by atoms with van der Waals surface area (Å²) >= 11 is 0. The highest BCUT2D eigenvalue weighted by Crippen LogP contribution is 2.37. The van der Waals surface area contributed by atoms with Crippen LogP contribution in [0.3, 0.4) is 0 Å². The number of para-hydroxylation sites is 1. The Labute approximate surface area is 157 Å². The van der Waals surface area contributed by atoms with Gasteiger partial charge in [-0.05, 0) is 30.7 Å². The summed E-state index contributed by atoms with van der Waals surface area (Å²) in [6.45, 7) is 6.59. The number of furan rings is 1. The molecule has 0 spiro atoms. The number of fused-ring (bicyclic) bond motifs is 2. The molecule has 2 aromatic carbocycles. The van der Waals surface area contributed by atoms with Crippen LogP contribution in [0, 0.1) is 6.92 Å². The van der Waals surface area contributed by atoms with E-state index in [-0.39, 0.29) is 5.91 Å². The molecule has 5 heteroatoms. The van der Waals surface area contributed by atoms with Crippen LogP contribution in [-0.4, -0.2) is 24.5 Å². The lowest BCUT2D eigenvalue weighted by atomic mass is 10.1. The van der Waals surface area contributed by atoms with Crippen molar-refractivity contribution in [2.24, 2.45) is 0 Å². The molecule has 0 fully saturated rings. The van der Waals surface area contributed by atoms with Gasteiger partial charge in [-0.2, -0.15) is 0 Å². The largest absolute Gasteiger partial charge is 0.493 e. The molecule has 0 unspecified atom stereocenters. The summed E-state index contributed by atoms with van der Waals surface area (Å²) < 4.78 is 17.7. The second-order valence-corrected chi connectivity index (χ2v) is 6.64. The van der Waals surface area contributed by atoms with Gasteiger partial charge in [0, 0.05) is 37.0 Å². The van der Waals surface area contributed by atoms with E-state index in [0.717, 1.165) is 28.9 Å². The molecule has 0 atom stereocenters. The lowest BCUT2D eigenvalue weighted by Gasteiger charge is -2.14. The van der Waals surface area contributed by atoms with Crippen LogP contribution in [0.1, 0.15) is 16.9 Å². The Kier molecular flexibility index (Phi) is 4.36. The van der Waals surface area contributed by atoms with Crippen molar-refractivity contribution in [3.05, 3.63) is 65.9 Å². The van der Waals surface area contributed by atoms with E-state index in [1.54, 1.807) is 11.9 Å². The number of aryl methyl sites for hydroxylation is 1. The third-order valence-corrected chi connectivity index (χ3v) is 4.83. The Balaban J connectivity index is 1.67. The van der Waals surface area contributed by atoms with Crippen molar-refractivity contribution >= 4 is 16.9 Å². The zero-order chi connectivity index (χ0) is 19.0. The molecule has 0 aliphatic carbocycles. The minimum Gasteiger partial charge on any atom is -0.493 e. The molecule has 0 radical (unpaired) electrons. The molecule has 0 N–H and O–H groups in total. The SMILES string of the molecule is C=CC(=O)N(C)Cc1c(C)oc2c(Oc3ccc4c(c3)OCC4)cccc12. The van der Waals surface area contributed by atoms with E-state index in [1.165, 1.54) is 11.6 Å². The highest BCUT2D eigenvalue weighted by Gasteiger charge is 2.18. The van der Waals surface area contributed by atoms with Crippen molar-refractivity contribution in [1.29, 1.82) is 0 Å². The predicted octanol–water partition coefficient (Wildman–Crippen LogP) is 4.61. The quantitative estimate of drug-likeness (QED) is 0.621. The van der Waals surface area contributed by atoms with Gasteiger partial charge in [0.2, 0.25) is 5.91 Å². The molecule has 27 heavy (non-hydrogen) atoms. The van der Waals surface area contributed by atoms with Gasteiger partial charge in [-0.15, -0.1) is 0 Å². The van der Waals surface area contributed by atoms with Gasteiger partial charge in [-0.1, -0.05) is 24.8 Å². The first-order valence-corrected chi connectivity index (χ1v) is 8.89. The molecule has 3 aromatic rings. The van der Waals surface area contributed by atoms with Crippen molar-refractivity contribution in [2.75, 3.05) is 13.7 Å². The van der Waals surface area contributed by atoms with Crippen LogP contribution in [0.25, 0.3) is 11.0 Å². The monoisotopic (exact) mass is 363 g/mol. The summed E-state index contributed by atoms with van der Waals surface area (Å²) in [5.41, 5.74) is 2.84. The van der Waals surface area contributed by atoms with E-state index >= 15 is 0 Å². The molecule has 0 saturated carbocycles. The predicted molar refractivity (Wildman–Crippen MR) is 103 cm³/mol. The van der Waals surface area contributed by atoms with Gasteiger partial charge < -0.3 is 18.8 Å². The maximum absolute atomic E-state index is 11.8. The minimum absolute atomic E-state index is 0.130. The number of nitrogens with zero attached hydrogens (tertiary/aromatic N) is 1. The van der Waals surface area contributed by atoms with E-state index in [4.69, 9.17) is 13.9 Å². The van der Waals surface area contributed by atoms with Crippen LogP contribution in [0.15, 0.2) is 53.5 Å². The zero-order valence-corrected chi connectivity index (χ0v) is 15.5. The highest BCUT2D eigenvalue weighted by atomic mass is 16.5. The normalized spacial score (nSPS) is 12.5. The van der Waals surface area contributed by atoms with Crippen LogP contribution in [0.5, 0.6) is 17.2 Å². The number of carbonyl (C=O) groups is 1. The number of hydrogen-bond donors (Lipinski definition) is 0. The Bertz CT molecular complexity index is 1030. The second kappa shape index (κ2) is 6.83. The molecule has 1 amide bonds. The van der Waals surface area contributed by atoms with E-state index in [0.29, 0.717) is 30.2 Å². The molecule has 138 valence electrons. The minimum atomic E-state index is -0.130. The van der Waals surface area contributed by atoms with Crippen LogP contribution < -0.4 is 9.47 Å². The molecule has 2 heterocycles. The second-order valence-electron chi connectivity index (χ2n) is 6.64. The van der Waals surface area contributed by atoms with Crippen LogP contribution in [0.2, 0.25) is 0 Å². The third-order valence-electron chi connectivity index (χ3n) is 4.83. The number of ether oxygens (including phenoxy) is 2. The Morgan fingerprint density at radius 3 is 3.00 bits per heavy atom. The van der Waals surface area contributed by atoms with Gasteiger partial charge in [-0.25, -0.2) is 0 Å². The summed E-state index contributed by atoms with van der Waals surface area (Å²) in [7, 11) is 1.74. The molecule has 1 aliphatic heterocycles. The number of carbonyl (C=O) groups excluding carboxylic acids is 1. The molecule has 0 saturated heterocycles. The Morgan fingerprint density at radius 2 is 2.19 bits per heavy atom. The first kappa shape index (κ1) is 17.2. The highest BCUT2D eigenvalue weighted by molar-refractivity contribution is 5.89. The van der Waals surface area contributed by atoms with Gasteiger partial charge in [0.05, 0.1) is 6.61 Å². The Hall–Kier alpha value is -3.21. The molecular formula is C22H21NO4. The molecule has 5 nitrogen and oxygen atoms in total. The fraction of sp³-hybridized carbons (Fsp3) is 0.227. The van der Waals surface area contributed by atoms with Gasteiger partial charge in [0.15, 0.2) is 11.3 Å². The van der Waals surface area contributed by atoms with Crippen molar-refractivity contribution in [2.45, 2.75) is 19.9 Å². The lowest BCUT2D eigenvalue weighted by Crippen LogP contribution is -2.24. The summed E-state index contributed by atoms with van der Waals surface area (Å²) in [6, 6.07) is 11.7. The van der Waals surface area contributed by atoms with Crippen molar-refractivity contribution < 1.29 is 18.7 Å². The van der Waals surface area contributed by atoms with Gasteiger partial charge in [-0.3, -0.25) is 4.79 Å². The molecule has 0 bridgehead atoms. The van der Waals surface area contributed by atoms with Crippen molar-refractivity contribution in [3.8, 4) is 17.2 Å². The smallest absolute Gasteiger partial charge is 0.245 e. The number of rotatable bonds is 5. The molecular weight excluding hydrogens is 342 g/mol. The fourth-order valence-corrected chi connectivity index (χ4v) is 3.35. The Morgan fingerprint density at radius 1 is 1.33 bits per heavy atom. The van der Waals surface area contributed by atoms with Crippen LogP contribution in [-0.2, 0) is 17.8 Å². The summed E-state index contributed by atoms with van der Waals surface area (Å²) in [5, 5.41) is 0.936. The van der Waals surface area contributed by atoms with Crippen LogP contribution >= 0.6 is 0 Å². The van der Waals surface area contributed by atoms with E-state index < -0.39 is 0 Å². The maximum atomic E-state index is 11.8. The first-order valence-electron chi connectivity index (χ1n) is 8.89. The number of hydrogen-bond acceptors (Lipinski definition) is 4. The lowest BCUT2D eigenvalue weighted by molar-refractivity contribution is -0.125.